The molecule has 0 aliphatic carbocycles. The SMILES string of the molecule is CCN(C[C@H]1C=C(N)NC1)c1ccccc1C. The zero-order chi connectivity index (χ0) is 12.3. The molecular formula is C14H21N3. The molecular weight excluding hydrogens is 210 g/mol. The quantitative estimate of drug-likeness (QED) is 0.831. The van der Waals surface area contributed by atoms with Gasteiger partial charge in [0.1, 0.15) is 0 Å². The second-order valence-electron chi connectivity index (χ2n) is 4.59. The fraction of sp³-hybridized carbons (Fsp3) is 0.429. The number of hydrogen-bond donors (Lipinski definition) is 2. The minimum atomic E-state index is 0.509. The molecule has 3 N–H and O–H groups in total. The van der Waals surface area contributed by atoms with Gasteiger partial charge < -0.3 is 16.0 Å². The molecule has 92 valence electrons. The van der Waals surface area contributed by atoms with Crippen molar-refractivity contribution in [3.05, 3.63) is 41.7 Å². The molecule has 0 unspecified atom stereocenters. The van der Waals surface area contributed by atoms with Crippen molar-refractivity contribution in [3.8, 4) is 0 Å². The monoisotopic (exact) mass is 231 g/mol. The third kappa shape index (κ3) is 2.73. The molecule has 1 aromatic carbocycles. The highest BCUT2D eigenvalue weighted by Crippen LogP contribution is 2.21. The molecule has 1 aliphatic rings. The van der Waals surface area contributed by atoms with Crippen LogP contribution in [0.5, 0.6) is 0 Å². The third-order valence-corrected chi connectivity index (χ3v) is 3.28. The van der Waals surface area contributed by atoms with Crippen molar-refractivity contribution in [3.63, 3.8) is 0 Å². The minimum Gasteiger partial charge on any atom is -0.386 e. The first-order valence-corrected chi connectivity index (χ1v) is 6.22. The van der Waals surface area contributed by atoms with Gasteiger partial charge in [0, 0.05) is 31.2 Å². The van der Waals surface area contributed by atoms with Crippen molar-refractivity contribution < 1.29 is 0 Å². The van der Waals surface area contributed by atoms with E-state index in [9.17, 15) is 0 Å². The molecule has 1 atom stereocenters. The second-order valence-corrected chi connectivity index (χ2v) is 4.59. The van der Waals surface area contributed by atoms with Crippen LogP contribution >= 0.6 is 0 Å². The number of aryl methyl sites for hydroxylation is 1. The van der Waals surface area contributed by atoms with E-state index in [0.717, 1.165) is 25.5 Å². The maximum Gasteiger partial charge on any atom is 0.0923 e. The van der Waals surface area contributed by atoms with Gasteiger partial charge in [0.25, 0.3) is 0 Å². The van der Waals surface area contributed by atoms with E-state index in [1.54, 1.807) is 0 Å². The van der Waals surface area contributed by atoms with Crippen molar-refractivity contribution in [2.24, 2.45) is 11.7 Å². The minimum absolute atomic E-state index is 0.509. The Morgan fingerprint density at radius 3 is 2.76 bits per heavy atom. The van der Waals surface area contributed by atoms with Crippen molar-refractivity contribution in [1.29, 1.82) is 0 Å². The number of rotatable bonds is 4. The van der Waals surface area contributed by atoms with E-state index in [1.807, 2.05) is 0 Å². The fourth-order valence-electron chi connectivity index (χ4n) is 2.34. The lowest BCUT2D eigenvalue weighted by atomic mass is 10.1. The lowest BCUT2D eigenvalue weighted by Gasteiger charge is -2.27. The molecule has 0 saturated heterocycles. The van der Waals surface area contributed by atoms with Crippen LogP contribution in [-0.4, -0.2) is 19.6 Å². The van der Waals surface area contributed by atoms with Crippen molar-refractivity contribution in [2.75, 3.05) is 24.5 Å². The molecule has 17 heavy (non-hydrogen) atoms. The smallest absolute Gasteiger partial charge is 0.0923 e. The van der Waals surface area contributed by atoms with Gasteiger partial charge in [-0.3, -0.25) is 0 Å². The highest BCUT2D eigenvalue weighted by Gasteiger charge is 2.17. The van der Waals surface area contributed by atoms with Gasteiger partial charge in [-0.2, -0.15) is 0 Å². The number of nitrogens with one attached hydrogen (secondary N) is 1. The van der Waals surface area contributed by atoms with Crippen molar-refractivity contribution >= 4 is 5.69 Å². The lowest BCUT2D eigenvalue weighted by Crippen LogP contribution is -2.31. The van der Waals surface area contributed by atoms with Crippen LogP contribution < -0.4 is 16.0 Å². The average Bonchev–Trinajstić information content (AvgIpc) is 2.73. The van der Waals surface area contributed by atoms with Crippen LogP contribution in [-0.2, 0) is 0 Å². The molecule has 0 amide bonds. The predicted octanol–water partition coefficient (Wildman–Crippen LogP) is 1.84. The third-order valence-electron chi connectivity index (χ3n) is 3.28. The first-order valence-electron chi connectivity index (χ1n) is 6.22. The van der Waals surface area contributed by atoms with Gasteiger partial charge in [-0.1, -0.05) is 18.2 Å². The normalized spacial score (nSPS) is 18.7. The van der Waals surface area contributed by atoms with E-state index in [1.165, 1.54) is 11.3 Å². The number of nitrogens with two attached hydrogens (primary N) is 1. The van der Waals surface area contributed by atoms with Crippen LogP contribution in [0.25, 0.3) is 0 Å². The summed E-state index contributed by atoms with van der Waals surface area (Å²) in [6, 6.07) is 8.53. The summed E-state index contributed by atoms with van der Waals surface area (Å²) in [6.45, 7) is 7.36. The first kappa shape index (κ1) is 11.8. The number of anilines is 1. The largest absolute Gasteiger partial charge is 0.386 e. The van der Waals surface area contributed by atoms with E-state index >= 15 is 0 Å². The molecule has 0 spiro atoms. The van der Waals surface area contributed by atoms with Crippen LogP contribution in [0.4, 0.5) is 5.69 Å². The Balaban J connectivity index is 2.09. The van der Waals surface area contributed by atoms with Gasteiger partial charge in [-0.15, -0.1) is 0 Å². The molecule has 0 fully saturated rings. The summed E-state index contributed by atoms with van der Waals surface area (Å²) in [5.41, 5.74) is 8.40. The Morgan fingerprint density at radius 1 is 1.41 bits per heavy atom. The van der Waals surface area contributed by atoms with Gasteiger partial charge in [-0.25, -0.2) is 0 Å². The van der Waals surface area contributed by atoms with E-state index < -0.39 is 0 Å². The van der Waals surface area contributed by atoms with E-state index in [-0.39, 0.29) is 0 Å². The molecule has 2 rings (SSSR count). The van der Waals surface area contributed by atoms with Crippen LogP contribution in [0.1, 0.15) is 12.5 Å². The Labute approximate surface area is 103 Å². The summed E-state index contributed by atoms with van der Waals surface area (Å²) in [5, 5.41) is 3.18. The van der Waals surface area contributed by atoms with Crippen LogP contribution in [0.15, 0.2) is 36.2 Å². The van der Waals surface area contributed by atoms with E-state index in [4.69, 9.17) is 5.73 Å². The van der Waals surface area contributed by atoms with Gasteiger partial charge >= 0.3 is 0 Å². The Bertz CT molecular complexity index is 412. The van der Waals surface area contributed by atoms with Crippen LogP contribution in [0, 0.1) is 12.8 Å². The lowest BCUT2D eigenvalue weighted by molar-refractivity contribution is 0.623. The topological polar surface area (TPSA) is 41.3 Å². The summed E-state index contributed by atoms with van der Waals surface area (Å²) in [7, 11) is 0. The summed E-state index contributed by atoms with van der Waals surface area (Å²) < 4.78 is 0. The Morgan fingerprint density at radius 2 is 2.18 bits per heavy atom. The molecule has 0 aromatic heterocycles. The molecule has 3 heteroatoms. The molecule has 3 nitrogen and oxygen atoms in total. The zero-order valence-electron chi connectivity index (χ0n) is 10.6. The number of nitrogens with zero attached hydrogens (tertiary/aromatic N) is 1. The van der Waals surface area contributed by atoms with Gasteiger partial charge in [-0.05, 0) is 31.6 Å². The number of hydrogen-bond acceptors (Lipinski definition) is 3. The van der Waals surface area contributed by atoms with Gasteiger partial charge in [0.05, 0.1) is 5.82 Å². The standard InChI is InChI=1S/C14H21N3/c1-3-17(10-12-8-14(15)16-9-12)13-7-5-4-6-11(13)2/h4-8,12,16H,3,9-10,15H2,1-2H3/t12-/m0/s1. The van der Waals surface area contributed by atoms with Crippen LogP contribution in [0.2, 0.25) is 0 Å². The maximum atomic E-state index is 5.74. The van der Waals surface area contributed by atoms with Gasteiger partial charge in [0.15, 0.2) is 0 Å². The van der Waals surface area contributed by atoms with Gasteiger partial charge in [0.2, 0.25) is 0 Å². The maximum absolute atomic E-state index is 5.74. The second kappa shape index (κ2) is 5.13. The Hall–Kier alpha value is -1.64. The van der Waals surface area contributed by atoms with E-state index in [0.29, 0.717) is 5.92 Å². The molecule has 0 saturated carbocycles. The summed E-state index contributed by atoms with van der Waals surface area (Å²) in [4.78, 5) is 2.41. The van der Waals surface area contributed by atoms with Crippen molar-refractivity contribution in [1.82, 2.24) is 5.32 Å². The number of benzene rings is 1. The number of para-hydroxylation sites is 1. The van der Waals surface area contributed by atoms with Crippen molar-refractivity contribution in [2.45, 2.75) is 13.8 Å². The predicted molar refractivity (Wildman–Crippen MR) is 72.8 cm³/mol. The molecule has 1 aromatic rings. The first-order chi connectivity index (χ1) is 8.20. The fourth-order valence-corrected chi connectivity index (χ4v) is 2.34. The average molecular weight is 231 g/mol. The molecule has 1 aliphatic heterocycles. The molecule has 0 radical (unpaired) electrons. The van der Waals surface area contributed by atoms with E-state index in [2.05, 4.69) is 54.4 Å². The molecule has 1 heterocycles. The highest BCUT2D eigenvalue weighted by atomic mass is 15.1. The summed E-state index contributed by atoms with van der Waals surface area (Å²) in [6.07, 6.45) is 2.13. The summed E-state index contributed by atoms with van der Waals surface area (Å²) in [5.74, 6) is 1.32. The highest BCUT2D eigenvalue weighted by molar-refractivity contribution is 5.53. The summed E-state index contributed by atoms with van der Waals surface area (Å²) >= 11 is 0. The molecule has 0 bridgehead atoms. The zero-order valence-corrected chi connectivity index (χ0v) is 10.6. The van der Waals surface area contributed by atoms with Crippen LogP contribution in [0.3, 0.4) is 0 Å². The Kier molecular flexibility index (Phi) is 3.57.